The normalized spacial score (nSPS) is 25.6. The molecule has 5 nitrogen and oxygen atoms in total. The molecule has 0 aliphatic carbocycles. The Kier molecular flexibility index (Phi) is 4.00. The van der Waals surface area contributed by atoms with Gasteiger partial charge >= 0.3 is 6.09 Å². The van der Waals surface area contributed by atoms with Gasteiger partial charge in [-0.25, -0.2) is 4.79 Å². The van der Waals surface area contributed by atoms with Gasteiger partial charge in [0.05, 0.1) is 13.7 Å². The molecule has 0 saturated carbocycles. The molecule has 1 amide bonds. The second-order valence-corrected chi connectivity index (χ2v) is 6.54. The van der Waals surface area contributed by atoms with Gasteiger partial charge < -0.3 is 14.4 Å². The maximum atomic E-state index is 11.7. The van der Waals surface area contributed by atoms with Crippen LogP contribution in [0.25, 0.3) is 0 Å². The van der Waals surface area contributed by atoms with Crippen LogP contribution in [0.3, 0.4) is 0 Å². The number of aryl methyl sites for hydroxylation is 1. The number of carbonyl (C=O) groups is 1. The summed E-state index contributed by atoms with van der Waals surface area (Å²) in [7, 11) is 3.52. The van der Waals surface area contributed by atoms with E-state index < -0.39 is 0 Å². The van der Waals surface area contributed by atoms with Gasteiger partial charge in [-0.1, -0.05) is 12.1 Å². The van der Waals surface area contributed by atoms with Crippen LogP contribution in [0.4, 0.5) is 4.79 Å². The van der Waals surface area contributed by atoms with Crippen molar-refractivity contribution in [2.75, 3.05) is 33.8 Å². The number of carbonyl (C=O) groups excluding carboxylic acids is 1. The summed E-state index contributed by atoms with van der Waals surface area (Å²) >= 11 is 0. The third-order valence-electron chi connectivity index (χ3n) is 4.60. The van der Waals surface area contributed by atoms with E-state index in [9.17, 15) is 4.79 Å². The van der Waals surface area contributed by atoms with Crippen molar-refractivity contribution in [2.24, 2.45) is 0 Å². The summed E-state index contributed by atoms with van der Waals surface area (Å²) < 4.78 is 11.2. The molecule has 1 aromatic rings. The molecule has 0 bridgehead atoms. The highest BCUT2D eigenvalue weighted by atomic mass is 16.6. The molecule has 0 N–H and O–H groups in total. The topological polar surface area (TPSA) is 42.0 Å². The highest BCUT2D eigenvalue weighted by Crippen LogP contribution is 2.32. The number of likely N-dealkylation sites (tertiary alicyclic amines) is 1. The van der Waals surface area contributed by atoms with Crippen LogP contribution in [-0.2, 0) is 11.3 Å². The predicted octanol–water partition coefficient (Wildman–Crippen LogP) is 2.42. The average Bonchev–Trinajstić information content (AvgIpc) is 2.75. The van der Waals surface area contributed by atoms with Gasteiger partial charge in [0.1, 0.15) is 11.4 Å². The van der Waals surface area contributed by atoms with Crippen molar-refractivity contribution < 1.29 is 14.3 Å². The van der Waals surface area contributed by atoms with Crippen LogP contribution in [-0.4, -0.2) is 55.3 Å². The van der Waals surface area contributed by atoms with Crippen LogP contribution in [0.2, 0.25) is 0 Å². The maximum absolute atomic E-state index is 11.7. The molecule has 2 saturated heterocycles. The molecule has 1 aromatic carbocycles. The number of benzene rings is 1. The molecular formula is C17H24N2O3. The first-order chi connectivity index (χ1) is 10.5. The fourth-order valence-corrected chi connectivity index (χ4v) is 3.55. The third-order valence-corrected chi connectivity index (χ3v) is 4.60. The zero-order valence-corrected chi connectivity index (χ0v) is 13.6. The number of nitrogens with zero attached hydrogens (tertiary/aromatic N) is 2. The Labute approximate surface area is 131 Å². The molecule has 1 atom stereocenters. The van der Waals surface area contributed by atoms with Crippen LogP contribution < -0.4 is 4.74 Å². The van der Waals surface area contributed by atoms with Gasteiger partial charge in [0.15, 0.2) is 0 Å². The molecular weight excluding hydrogens is 280 g/mol. The lowest BCUT2D eigenvalue weighted by atomic mass is 9.92. The van der Waals surface area contributed by atoms with Gasteiger partial charge in [0.2, 0.25) is 0 Å². The number of piperidine rings is 1. The molecule has 0 unspecified atom stereocenters. The number of rotatable bonds is 3. The summed E-state index contributed by atoms with van der Waals surface area (Å²) in [6.45, 7) is 5.40. The first kappa shape index (κ1) is 15.2. The van der Waals surface area contributed by atoms with Crippen LogP contribution in [0, 0.1) is 6.92 Å². The monoisotopic (exact) mass is 304 g/mol. The predicted molar refractivity (Wildman–Crippen MR) is 84.1 cm³/mol. The molecule has 22 heavy (non-hydrogen) atoms. The van der Waals surface area contributed by atoms with E-state index in [1.165, 1.54) is 11.1 Å². The van der Waals surface area contributed by atoms with E-state index >= 15 is 0 Å². The Balaban J connectivity index is 1.72. The van der Waals surface area contributed by atoms with Crippen LogP contribution in [0.1, 0.15) is 24.0 Å². The fraction of sp³-hybridized carbons (Fsp3) is 0.588. The van der Waals surface area contributed by atoms with Crippen molar-refractivity contribution in [2.45, 2.75) is 31.9 Å². The molecule has 1 spiro atoms. The Morgan fingerprint density at radius 2 is 2.18 bits per heavy atom. The van der Waals surface area contributed by atoms with E-state index in [1.807, 2.05) is 0 Å². The molecule has 0 aromatic heterocycles. The SMILES string of the molecule is COc1cc(C)ccc1CN1CCC[C@]2(C1)CN(C)C(=O)O2. The number of methoxy groups -OCH3 is 1. The number of hydrogen-bond acceptors (Lipinski definition) is 4. The third kappa shape index (κ3) is 2.90. The van der Waals surface area contributed by atoms with Gasteiger partial charge in [-0.2, -0.15) is 0 Å². The van der Waals surface area contributed by atoms with Gasteiger partial charge in [-0.3, -0.25) is 4.90 Å². The van der Waals surface area contributed by atoms with Gasteiger partial charge in [0, 0.05) is 25.7 Å². The zero-order chi connectivity index (χ0) is 15.7. The van der Waals surface area contributed by atoms with Crippen molar-refractivity contribution in [1.82, 2.24) is 9.80 Å². The highest BCUT2D eigenvalue weighted by Gasteiger charge is 2.46. The van der Waals surface area contributed by atoms with Crippen molar-refractivity contribution in [3.63, 3.8) is 0 Å². The van der Waals surface area contributed by atoms with E-state index in [2.05, 4.69) is 30.0 Å². The standard InChI is InChI=1S/C17H24N2O3/c1-13-5-6-14(15(9-13)21-3)10-19-8-4-7-17(12-19)11-18(2)16(20)22-17/h5-6,9H,4,7-8,10-12H2,1-3H3/t17-/m1/s1. The largest absolute Gasteiger partial charge is 0.496 e. The minimum atomic E-state index is -0.331. The van der Waals surface area contributed by atoms with Crippen molar-refractivity contribution in [1.29, 1.82) is 0 Å². The molecule has 5 heteroatoms. The van der Waals surface area contributed by atoms with Crippen LogP contribution >= 0.6 is 0 Å². The van der Waals surface area contributed by atoms with Crippen LogP contribution in [0.5, 0.6) is 5.75 Å². The molecule has 120 valence electrons. The zero-order valence-electron chi connectivity index (χ0n) is 13.6. The summed E-state index contributed by atoms with van der Waals surface area (Å²) in [6.07, 6.45) is 1.80. The Morgan fingerprint density at radius 3 is 2.86 bits per heavy atom. The van der Waals surface area contributed by atoms with Crippen molar-refractivity contribution >= 4 is 6.09 Å². The minimum absolute atomic E-state index is 0.199. The van der Waals surface area contributed by atoms with E-state index in [0.717, 1.165) is 38.2 Å². The summed E-state index contributed by atoms with van der Waals surface area (Å²) in [5.41, 5.74) is 2.05. The number of ether oxygens (including phenoxy) is 2. The lowest BCUT2D eigenvalue weighted by Crippen LogP contribution is -2.50. The Hall–Kier alpha value is -1.75. The van der Waals surface area contributed by atoms with E-state index in [-0.39, 0.29) is 11.7 Å². The molecule has 2 heterocycles. The van der Waals surface area contributed by atoms with E-state index in [4.69, 9.17) is 9.47 Å². The summed E-state index contributed by atoms with van der Waals surface area (Å²) in [6, 6.07) is 6.31. The van der Waals surface area contributed by atoms with Gasteiger partial charge in [-0.15, -0.1) is 0 Å². The summed E-state index contributed by atoms with van der Waals surface area (Å²) in [5.74, 6) is 0.931. The fourth-order valence-electron chi connectivity index (χ4n) is 3.55. The van der Waals surface area contributed by atoms with Gasteiger partial charge in [-0.05, 0) is 37.9 Å². The Morgan fingerprint density at radius 1 is 1.36 bits per heavy atom. The highest BCUT2D eigenvalue weighted by molar-refractivity contribution is 5.70. The van der Waals surface area contributed by atoms with Crippen molar-refractivity contribution in [3.05, 3.63) is 29.3 Å². The average molecular weight is 304 g/mol. The van der Waals surface area contributed by atoms with E-state index in [1.54, 1.807) is 19.1 Å². The lowest BCUT2D eigenvalue weighted by molar-refractivity contribution is -0.0115. The first-order valence-electron chi connectivity index (χ1n) is 7.81. The maximum Gasteiger partial charge on any atom is 0.410 e. The van der Waals surface area contributed by atoms with E-state index in [0.29, 0.717) is 6.54 Å². The first-order valence-corrected chi connectivity index (χ1v) is 7.81. The number of hydrogen-bond donors (Lipinski definition) is 0. The molecule has 3 rings (SSSR count). The second kappa shape index (κ2) is 5.80. The molecule has 2 aliphatic heterocycles. The van der Waals surface area contributed by atoms with Crippen molar-refractivity contribution in [3.8, 4) is 5.75 Å². The summed E-state index contributed by atoms with van der Waals surface area (Å²) in [4.78, 5) is 15.8. The summed E-state index contributed by atoms with van der Waals surface area (Å²) in [5, 5.41) is 0. The lowest BCUT2D eigenvalue weighted by Gasteiger charge is -2.38. The number of amides is 1. The number of likely N-dealkylation sites (N-methyl/N-ethyl adjacent to an activating group) is 1. The van der Waals surface area contributed by atoms with Gasteiger partial charge in [0.25, 0.3) is 0 Å². The Bertz CT molecular complexity index is 575. The smallest absolute Gasteiger partial charge is 0.410 e. The second-order valence-electron chi connectivity index (χ2n) is 6.54. The minimum Gasteiger partial charge on any atom is -0.496 e. The molecule has 2 fully saturated rings. The molecule has 0 radical (unpaired) electrons. The molecule has 2 aliphatic rings. The van der Waals surface area contributed by atoms with Crippen LogP contribution in [0.15, 0.2) is 18.2 Å². The quantitative estimate of drug-likeness (QED) is 0.860.